The van der Waals surface area contributed by atoms with Gasteiger partial charge >= 0.3 is 0 Å². The van der Waals surface area contributed by atoms with Gasteiger partial charge in [0.2, 0.25) is 0 Å². The van der Waals surface area contributed by atoms with Gasteiger partial charge in [-0.25, -0.2) is 0 Å². The Morgan fingerprint density at radius 1 is 0.885 bits per heavy atom. The Bertz CT molecular complexity index is 798. The summed E-state index contributed by atoms with van der Waals surface area (Å²) < 4.78 is 5.25. The summed E-state index contributed by atoms with van der Waals surface area (Å²) in [5.74, 6) is 1.02. The third-order valence-corrected chi connectivity index (χ3v) is 4.44. The van der Waals surface area contributed by atoms with Gasteiger partial charge in [0, 0.05) is 24.2 Å². The summed E-state index contributed by atoms with van der Waals surface area (Å²) in [6, 6.07) is 28.7. The zero-order valence-electron chi connectivity index (χ0n) is 14.7. The second-order valence-electron chi connectivity index (χ2n) is 5.94. The summed E-state index contributed by atoms with van der Waals surface area (Å²) in [5.41, 5.74) is 3.42. The molecule has 0 radical (unpaired) electrons. The zero-order valence-corrected chi connectivity index (χ0v) is 15.5. The molecule has 0 amide bonds. The fourth-order valence-electron chi connectivity index (χ4n) is 2.87. The number of rotatable bonds is 6. The van der Waals surface area contributed by atoms with Gasteiger partial charge in [-0.05, 0) is 35.5 Å². The third kappa shape index (κ3) is 4.83. The van der Waals surface area contributed by atoms with Crippen LogP contribution in [0.2, 0.25) is 0 Å². The van der Waals surface area contributed by atoms with Gasteiger partial charge in [0.05, 0.1) is 7.11 Å². The molecule has 0 aromatic heterocycles. The van der Waals surface area contributed by atoms with Crippen molar-refractivity contribution in [2.75, 3.05) is 19.0 Å². The molecule has 0 heterocycles. The summed E-state index contributed by atoms with van der Waals surface area (Å²) in [7, 11) is 1.65. The zero-order chi connectivity index (χ0) is 18.2. The molecule has 26 heavy (non-hydrogen) atoms. The lowest BCUT2D eigenvalue weighted by Gasteiger charge is -2.20. The van der Waals surface area contributed by atoms with Crippen molar-refractivity contribution in [2.24, 2.45) is 0 Å². The maximum Gasteiger partial charge on any atom is 0.170 e. The number of hydrogen-bond acceptors (Lipinski definition) is 2. The van der Waals surface area contributed by atoms with Gasteiger partial charge < -0.3 is 15.4 Å². The van der Waals surface area contributed by atoms with E-state index in [0.717, 1.165) is 11.4 Å². The Morgan fingerprint density at radius 2 is 1.50 bits per heavy atom. The van der Waals surface area contributed by atoms with E-state index in [1.165, 1.54) is 11.1 Å². The fraction of sp³-hybridized carbons (Fsp3) is 0.136. The maximum absolute atomic E-state index is 5.47. The number of ether oxygens (including phenoxy) is 1. The predicted octanol–water partition coefficient (Wildman–Crippen LogP) is 4.81. The van der Waals surface area contributed by atoms with Crippen molar-refractivity contribution in [1.82, 2.24) is 5.32 Å². The van der Waals surface area contributed by atoms with Crippen LogP contribution in [0.3, 0.4) is 0 Å². The van der Waals surface area contributed by atoms with E-state index < -0.39 is 0 Å². The minimum absolute atomic E-state index is 0.224. The van der Waals surface area contributed by atoms with Crippen LogP contribution in [0.15, 0.2) is 84.9 Å². The van der Waals surface area contributed by atoms with E-state index in [1.807, 2.05) is 36.4 Å². The molecule has 3 rings (SSSR count). The quantitative estimate of drug-likeness (QED) is 0.616. The van der Waals surface area contributed by atoms with Crippen LogP contribution < -0.4 is 15.4 Å². The summed E-state index contributed by atoms with van der Waals surface area (Å²) in [4.78, 5) is 0. The lowest BCUT2D eigenvalue weighted by molar-refractivity contribution is 0.415. The normalized spacial score (nSPS) is 10.4. The average Bonchev–Trinajstić information content (AvgIpc) is 2.70. The molecule has 0 atom stereocenters. The molecule has 0 bridgehead atoms. The predicted molar refractivity (Wildman–Crippen MR) is 112 cm³/mol. The number of benzene rings is 3. The molecule has 0 spiro atoms. The van der Waals surface area contributed by atoms with Crippen molar-refractivity contribution >= 4 is 23.0 Å². The maximum atomic E-state index is 5.47. The van der Waals surface area contributed by atoms with E-state index in [2.05, 4.69) is 59.2 Å². The molecule has 0 saturated carbocycles. The summed E-state index contributed by atoms with van der Waals surface area (Å²) >= 11 is 5.47. The van der Waals surface area contributed by atoms with Gasteiger partial charge in [-0.3, -0.25) is 0 Å². The third-order valence-electron chi connectivity index (χ3n) is 4.20. The lowest BCUT2D eigenvalue weighted by Crippen LogP contribution is -2.32. The first-order valence-electron chi connectivity index (χ1n) is 8.55. The standard InChI is InChI=1S/C22H22N2OS/c1-25-20-14-8-13-19(15-20)24-22(26)23-16-21(17-9-4-2-5-10-17)18-11-6-3-7-12-18/h2-15,21H,16H2,1H3,(H2,23,24,26). The molecule has 132 valence electrons. The average molecular weight is 362 g/mol. The summed E-state index contributed by atoms with van der Waals surface area (Å²) in [6.45, 7) is 0.712. The van der Waals surface area contributed by atoms with Gasteiger partial charge in [-0.1, -0.05) is 66.7 Å². The van der Waals surface area contributed by atoms with Crippen molar-refractivity contribution in [3.05, 3.63) is 96.1 Å². The second kappa shape index (κ2) is 9.02. The van der Waals surface area contributed by atoms with Crippen LogP contribution >= 0.6 is 12.2 Å². The van der Waals surface area contributed by atoms with Gasteiger partial charge in [0.25, 0.3) is 0 Å². The molecule has 0 fully saturated rings. The van der Waals surface area contributed by atoms with E-state index in [0.29, 0.717) is 11.7 Å². The van der Waals surface area contributed by atoms with Crippen molar-refractivity contribution < 1.29 is 4.74 Å². The largest absolute Gasteiger partial charge is 0.497 e. The van der Waals surface area contributed by atoms with Crippen LogP contribution in [0, 0.1) is 0 Å². The highest BCUT2D eigenvalue weighted by Crippen LogP contribution is 2.24. The van der Waals surface area contributed by atoms with Gasteiger partial charge in [0.1, 0.15) is 5.75 Å². The monoisotopic (exact) mass is 362 g/mol. The first-order chi connectivity index (χ1) is 12.8. The van der Waals surface area contributed by atoms with E-state index in [9.17, 15) is 0 Å². The van der Waals surface area contributed by atoms with Crippen LogP contribution in [0.5, 0.6) is 5.75 Å². The van der Waals surface area contributed by atoms with Gasteiger partial charge in [0.15, 0.2) is 5.11 Å². The molecule has 4 heteroatoms. The fourth-order valence-corrected chi connectivity index (χ4v) is 3.07. The molecule has 0 saturated heterocycles. The Hall–Kier alpha value is -2.85. The minimum atomic E-state index is 0.224. The molecule has 3 nitrogen and oxygen atoms in total. The van der Waals surface area contributed by atoms with E-state index in [1.54, 1.807) is 7.11 Å². The second-order valence-corrected chi connectivity index (χ2v) is 6.35. The molecular formula is C22H22N2OS. The highest BCUT2D eigenvalue weighted by Gasteiger charge is 2.14. The van der Waals surface area contributed by atoms with Crippen LogP contribution in [0.25, 0.3) is 0 Å². The number of nitrogens with one attached hydrogen (secondary N) is 2. The minimum Gasteiger partial charge on any atom is -0.497 e. The molecule has 0 unspecified atom stereocenters. The van der Waals surface area contributed by atoms with Crippen molar-refractivity contribution in [3.8, 4) is 5.75 Å². The van der Waals surface area contributed by atoms with Crippen molar-refractivity contribution in [3.63, 3.8) is 0 Å². The lowest BCUT2D eigenvalue weighted by atomic mass is 9.91. The first kappa shape index (κ1) is 18.0. The number of anilines is 1. The molecule has 2 N–H and O–H groups in total. The molecule has 3 aromatic carbocycles. The van der Waals surface area contributed by atoms with Crippen molar-refractivity contribution in [2.45, 2.75) is 5.92 Å². The first-order valence-corrected chi connectivity index (χ1v) is 8.96. The van der Waals surface area contributed by atoms with Crippen LogP contribution in [-0.2, 0) is 0 Å². The molecule has 3 aromatic rings. The van der Waals surface area contributed by atoms with E-state index >= 15 is 0 Å². The SMILES string of the molecule is COc1cccc(NC(=S)NCC(c2ccccc2)c2ccccc2)c1. The summed E-state index contributed by atoms with van der Waals surface area (Å²) in [6.07, 6.45) is 0. The smallest absolute Gasteiger partial charge is 0.170 e. The Morgan fingerprint density at radius 3 is 2.08 bits per heavy atom. The van der Waals surface area contributed by atoms with Gasteiger partial charge in [-0.2, -0.15) is 0 Å². The van der Waals surface area contributed by atoms with E-state index in [4.69, 9.17) is 17.0 Å². The Labute approximate surface area is 160 Å². The number of hydrogen-bond donors (Lipinski definition) is 2. The highest BCUT2D eigenvalue weighted by atomic mass is 32.1. The van der Waals surface area contributed by atoms with Crippen LogP contribution in [0.1, 0.15) is 17.0 Å². The van der Waals surface area contributed by atoms with Gasteiger partial charge in [-0.15, -0.1) is 0 Å². The van der Waals surface area contributed by atoms with Crippen LogP contribution in [-0.4, -0.2) is 18.8 Å². The highest BCUT2D eigenvalue weighted by molar-refractivity contribution is 7.80. The number of methoxy groups -OCH3 is 1. The topological polar surface area (TPSA) is 33.3 Å². The van der Waals surface area contributed by atoms with Crippen molar-refractivity contribution in [1.29, 1.82) is 0 Å². The van der Waals surface area contributed by atoms with E-state index in [-0.39, 0.29) is 5.92 Å². The Balaban J connectivity index is 1.68. The summed E-state index contributed by atoms with van der Waals surface area (Å²) in [5, 5.41) is 7.15. The molecular weight excluding hydrogens is 340 g/mol. The van der Waals surface area contributed by atoms with Crippen LogP contribution in [0.4, 0.5) is 5.69 Å². The number of thiocarbonyl (C=S) groups is 1. The molecule has 0 aliphatic rings. The molecule has 0 aliphatic carbocycles. The Kier molecular flexibility index (Phi) is 6.23. The molecule has 0 aliphatic heterocycles.